The van der Waals surface area contributed by atoms with E-state index < -0.39 is 0 Å². The van der Waals surface area contributed by atoms with Crippen molar-refractivity contribution in [3.8, 4) is 17.4 Å². The van der Waals surface area contributed by atoms with E-state index in [0.29, 0.717) is 48.9 Å². The molecule has 2 aromatic carbocycles. The number of carbonyl (C=O) groups is 1. The molecule has 0 spiro atoms. The minimum atomic E-state index is -0.141. The zero-order chi connectivity index (χ0) is 26.6. The number of aromatic nitrogens is 2. The highest BCUT2D eigenvalue weighted by atomic mass is 16.5. The Balaban J connectivity index is 1.38. The van der Waals surface area contributed by atoms with E-state index in [9.17, 15) is 4.79 Å². The van der Waals surface area contributed by atoms with Crippen molar-refractivity contribution < 1.29 is 14.3 Å². The third-order valence-corrected chi connectivity index (χ3v) is 7.47. The first-order valence-corrected chi connectivity index (χ1v) is 13.5. The number of rotatable bonds is 6. The summed E-state index contributed by atoms with van der Waals surface area (Å²) in [7, 11) is 1.64. The molecular weight excluding hydrogens is 478 g/mol. The topological polar surface area (TPSA) is 79.8 Å². The molecule has 38 heavy (non-hydrogen) atoms. The van der Waals surface area contributed by atoms with Crippen LogP contribution in [-0.4, -0.2) is 47.6 Å². The number of urea groups is 1. The first-order valence-electron chi connectivity index (χ1n) is 13.5. The van der Waals surface area contributed by atoms with Crippen molar-refractivity contribution in [2.45, 2.75) is 52.5 Å². The molecule has 1 fully saturated rings. The maximum Gasteiger partial charge on any atom is 0.322 e. The van der Waals surface area contributed by atoms with Crippen molar-refractivity contribution in [3.63, 3.8) is 0 Å². The first-order chi connectivity index (χ1) is 18.4. The number of piperidine rings is 1. The Labute approximate surface area is 225 Å². The largest absolute Gasteiger partial charge is 0.497 e. The van der Waals surface area contributed by atoms with Crippen molar-refractivity contribution >= 4 is 17.7 Å². The molecule has 5 rings (SSSR count). The lowest BCUT2D eigenvalue weighted by atomic mass is 9.99. The molecule has 2 amide bonds. The molecule has 8 nitrogen and oxygen atoms in total. The molecular formula is C30H37N5O3. The highest BCUT2D eigenvalue weighted by Gasteiger charge is 2.29. The predicted molar refractivity (Wildman–Crippen MR) is 149 cm³/mol. The first kappa shape index (κ1) is 25.8. The molecule has 0 atom stereocenters. The zero-order valence-electron chi connectivity index (χ0n) is 22.7. The molecule has 3 aromatic rings. The number of benzene rings is 2. The fourth-order valence-corrected chi connectivity index (χ4v) is 4.89. The van der Waals surface area contributed by atoms with E-state index in [2.05, 4.69) is 43.1 Å². The lowest BCUT2D eigenvalue weighted by molar-refractivity contribution is 0.205. The predicted octanol–water partition coefficient (Wildman–Crippen LogP) is 6.23. The maximum absolute atomic E-state index is 13.2. The van der Waals surface area contributed by atoms with Crippen LogP contribution in [0.15, 0.2) is 48.5 Å². The van der Waals surface area contributed by atoms with E-state index in [1.165, 1.54) is 5.56 Å². The number of anilines is 2. The van der Waals surface area contributed by atoms with Gasteiger partial charge < -0.3 is 24.6 Å². The summed E-state index contributed by atoms with van der Waals surface area (Å²) in [4.78, 5) is 27.1. The zero-order valence-corrected chi connectivity index (χ0v) is 22.7. The van der Waals surface area contributed by atoms with Gasteiger partial charge >= 0.3 is 6.03 Å². The number of ether oxygens (including phenoxy) is 2. The summed E-state index contributed by atoms with van der Waals surface area (Å²) in [5, 5.41) is 3.04. The van der Waals surface area contributed by atoms with Gasteiger partial charge in [-0.1, -0.05) is 32.9 Å². The van der Waals surface area contributed by atoms with Crippen LogP contribution in [0.5, 0.6) is 17.4 Å². The average molecular weight is 516 g/mol. The Morgan fingerprint density at radius 2 is 1.66 bits per heavy atom. The van der Waals surface area contributed by atoms with Gasteiger partial charge in [0, 0.05) is 31.7 Å². The summed E-state index contributed by atoms with van der Waals surface area (Å²) < 4.78 is 11.6. The van der Waals surface area contributed by atoms with Crippen molar-refractivity contribution in [2.75, 3.05) is 37.0 Å². The average Bonchev–Trinajstić information content (AvgIpc) is 2.94. The van der Waals surface area contributed by atoms with Crippen LogP contribution in [0.4, 0.5) is 16.4 Å². The second-order valence-electron chi connectivity index (χ2n) is 10.6. The van der Waals surface area contributed by atoms with Crippen LogP contribution in [-0.2, 0) is 13.0 Å². The number of nitrogens with one attached hydrogen (secondary N) is 1. The normalized spacial score (nSPS) is 15.8. The van der Waals surface area contributed by atoms with Crippen molar-refractivity contribution in [2.24, 2.45) is 5.92 Å². The molecule has 1 aromatic heterocycles. The summed E-state index contributed by atoms with van der Waals surface area (Å²) in [5.74, 6) is 3.80. The quantitative estimate of drug-likeness (QED) is 0.419. The lowest BCUT2D eigenvalue weighted by Crippen LogP contribution is -2.40. The Bertz CT molecular complexity index is 1250. The fourth-order valence-electron chi connectivity index (χ4n) is 4.89. The van der Waals surface area contributed by atoms with Gasteiger partial charge in [-0.05, 0) is 66.6 Å². The molecule has 200 valence electrons. The van der Waals surface area contributed by atoms with Gasteiger partial charge in [0.25, 0.3) is 0 Å². The van der Waals surface area contributed by atoms with Crippen LogP contribution in [0.25, 0.3) is 0 Å². The minimum absolute atomic E-state index is 0.141. The van der Waals surface area contributed by atoms with Crippen LogP contribution in [0.2, 0.25) is 0 Å². The Morgan fingerprint density at radius 1 is 0.974 bits per heavy atom. The van der Waals surface area contributed by atoms with Gasteiger partial charge in [0.1, 0.15) is 11.5 Å². The number of fused-ring (bicyclic) bond motifs is 1. The van der Waals surface area contributed by atoms with E-state index in [-0.39, 0.29) is 6.03 Å². The van der Waals surface area contributed by atoms with Crippen molar-refractivity contribution in [3.05, 3.63) is 65.4 Å². The summed E-state index contributed by atoms with van der Waals surface area (Å²) >= 11 is 0. The summed E-state index contributed by atoms with van der Waals surface area (Å²) in [6.45, 7) is 9.44. The molecule has 0 aliphatic carbocycles. The summed E-state index contributed by atoms with van der Waals surface area (Å²) in [6, 6.07) is 15.3. The van der Waals surface area contributed by atoms with Crippen LogP contribution >= 0.6 is 0 Å². The Hall–Kier alpha value is -3.81. The smallest absolute Gasteiger partial charge is 0.322 e. The number of carbonyl (C=O) groups excluding carboxylic acids is 1. The van der Waals surface area contributed by atoms with E-state index in [1.807, 2.05) is 36.4 Å². The van der Waals surface area contributed by atoms with E-state index in [4.69, 9.17) is 19.4 Å². The van der Waals surface area contributed by atoms with Gasteiger partial charge in [-0.15, -0.1) is 0 Å². The standard InChI is InChI=1S/C30H37N5O3/c1-20(2)22-5-7-23(8-6-22)31-30(36)35-18-15-27-26(19-35)28(38-25-11-9-24(37-4)10-12-25)33-29(32-27)34-16-13-21(3)14-17-34/h5-12,20-21H,13-19H2,1-4H3,(H,31,36). The SMILES string of the molecule is COc1ccc(Oc2nc(N3CCC(C)CC3)nc3c2CN(C(=O)Nc2ccc(C(C)C)cc2)CC3)cc1. The molecule has 0 saturated carbocycles. The third kappa shape index (κ3) is 5.85. The summed E-state index contributed by atoms with van der Waals surface area (Å²) in [6.07, 6.45) is 2.90. The van der Waals surface area contributed by atoms with Gasteiger partial charge in [-0.2, -0.15) is 4.98 Å². The van der Waals surface area contributed by atoms with Crippen molar-refractivity contribution in [1.82, 2.24) is 14.9 Å². The third-order valence-electron chi connectivity index (χ3n) is 7.47. The number of nitrogens with zero attached hydrogens (tertiary/aromatic N) is 4. The minimum Gasteiger partial charge on any atom is -0.497 e. The number of amides is 2. The van der Waals surface area contributed by atoms with Crippen LogP contribution < -0.4 is 19.7 Å². The monoisotopic (exact) mass is 515 g/mol. The number of hydrogen-bond donors (Lipinski definition) is 1. The molecule has 8 heteroatoms. The highest BCUT2D eigenvalue weighted by molar-refractivity contribution is 5.89. The molecule has 0 unspecified atom stereocenters. The van der Waals surface area contributed by atoms with Gasteiger partial charge in [-0.25, -0.2) is 9.78 Å². The molecule has 0 bridgehead atoms. The molecule has 2 aliphatic heterocycles. The number of methoxy groups -OCH3 is 1. The Kier molecular flexibility index (Phi) is 7.67. The molecule has 3 heterocycles. The van der Waals surface area contributed by atoms with E-state index >= 15 is 0 Å². The lowest BCUT2D eigenvalue weighted by Gasteiger charge is -2.33. The van der Waals surface area contributed by atoms with Gasteiger partial charge in [-0.3, -0.25) is 0 Å². The van der Waals surface area contributed by atoms with Crippen LogP contribution in [0, 0.1) is 5.92 Å². The van der Waals surface area contributed by atoms with Gasteiger partial charge in [0.15, 0.2) is 0 Å². The fraction of sp³-hybridized carbons (Fsp3) is 0.433. The second kappa shape index (κ2) is 11.3. The second-order valence-corrected chi connectivity index (χ2v) is 10.6. The van der Waals surface area contributed by atoms with Crippen molar-refractivity contribution in [1.29, 1.82) is 0 Å². The molecule has 0 radical (unpaired) electrons. The summed E-state index contributed by atoms with van der Waals surface area (Å²) in [5.41, 5.74) is 3.83. The Morgan fingerprint density at radius 3 is 2.32 bits per heavy atom. The van der Waals surface area contributed by atoms with E-state index in [0.717, 1.165) is 48.6 Å². The van der Waals surface area contributed by atoms with Gasteiger partial charge in [0.05, 0.1) is 24.9 Å². The molecule has 1 N–H and O–H groups in total. The molecule has 1 saturated heterocycles. The van der Waals surface area contributed by atoms with Crippen LogP contribution in [0.1, 0.15) is 56.4 Å². The van der Waals surface area contributed by atoms with Gasteiger partial charge in [0.2, 0.25) is 11.8 Å². The maximum atomic E-state index is 13.2. The number of hydrogen-bond acceptors (Lipinski definition) is 6. The highest BCUT2D eigenvalue weighted by Crippen LogP contribution is 2.33. The van der Waals surface area contributed by atoms with E-state index in [1.54, 1.807) is 12.0 Å². The van der Waals surface area contributed by atoms with Crippen LogP contribution in [0.3, 0.4) is 0 Å². The molecule has 2 aliphatic rings.